The second-order valence-electron chi connectivity index (χ2n) is 5.01. The van der Waals surface area contributed by atoms with Crippen LogP contribution in [-0.4, -0.2) is 9.97 Å². The molecule has 4 nitrogen and oxygen atoms in total. The first-order valence-corrected chi connectivity index (χ1v) is 6.60. The molecule has 0 radical (unpaired) electrons. The third-order valence-corrected chi connectivity index (χ3v) is 3.54. The highest BCUT2D eigenvalue weighted by atomic mass is 16.1. The van der Waals surface area contributed by atoms with Crippen molar-refractivity contribution in [3.05, 3.63) is 63.7 Å². The van der Waals surface area contributed by atoms with Gasteiger partial charge in [-0.15, -0.1) is 0 Å². The summed E-state index contributed by atoms with van der Waals surface area (Å²) >= 11 is 0. The van der Waals surface area contributed by atoms with Gasteiger partial charge >= 0.3 is 0 Å². The highest BCUT2D eigenvalue weighted by Gasteiger charge is 2.15. The van der Waals surface area contributed by atoms with Crippen LogP contribution in [0.5, 0.6) is 0 Å². The third kappa shape index (κ3) is 2.09. The van der Waals surface area contributed by atoms with Gasteiger partial charge in [-0.3, -0.25) is 9.78 Å². The average molecular weight is 275 g/mol. The first-order chi connectivity index (χ1) is 10.1. The van der Waals surface area contributed by atoms with Crippen molar-refractivity contribution in [1.82, 2.24) is 9.97 Å². The standard InChI is InChI=1S/C17H13N3O/c1-10-5-6-15-12(4-3-7-19-15)16(10)13-8-11(2)20-17(21)14(13)9-18/h3-8H,1-2H3,(H,20,21). The van der Waals surface area contributed by atoms with Gasteiger partial charge in [0, 0.05) is 22.8 Å². The number of fused-ring (bicyclic) bond motifs is 1. The molecule has 0 aliphatic carbocycles. The molecule has 1 N–H and O–H groups in total. The summed E-state index contributed by atoms with van der Waals surface area (Å²) in [4.78, 5) is 19.0. The maximum absolute atomic E-state index is 12.0. The molecule has 0 amide bonds. The van der Waals surface area contributed by atoms with E-state index in [2.05, 4.69) is 9.97 Å². The van der Waals surface area contributed by atoms with E-state index < -0.39 is 0 Å². The highest BCUT2D eigenvalue weighted by molar-refractivity contribution is 5.97. The van der Waals surface area contributed by atoms with Gasteiger partial charge in [0.1, 0.15) is 11.6 Å². The van der Waals surface area contributed by atoms with Crippen LogP contribution in [0.1, 0.15) is 16.8 Å². The van der Waals surface area contributed by atoms with Crippen LogP contribution in [0.2, 0.25) is 0 Å². The van der Waals surface area contributed by atoms with Crippen LogP contribution in [-0.2, 0) is 0 Å². The van der Waals surface area contributed by atoms with Crippen molar-refractivity contribution in [1.29, 1.82) is 5.26 Å². The molecule has 2 aromatic heterocycles. The first-order valence-electron chi connectivity index (χ1n) is 6.60. The Morgan fingerprint density at radius 2 is 2.05 bits per heavy atom. The van der Waals surface area contributed by atoms with E-state index in [1.165, 1.54) is 0 Å². The molecule has 1 aromatic carbocycles. The third-order valence-electron chi connectivity index (χ3n) is 3.54. The van der Waals surface area contributed by atoms with E-state index in [0.29, 0.717) is 5.56 Å². The molecular weight excluding hydrogens is 262 g/mol. The lowest BCUT2D eigenvalue weighted by Crippen LogP contribution is -2.13. The molecule has 2 heterocycles. The minimum Gasteiger partial charge on any atom is -0.325 e. The molecule has 0 spiro atoms. The lowest BCUT2D eigenvalue weighted by atomic mass is 9.93. The molecule has 0 fully saturated rings. The van der Waals surface area contributed by atoms with Gasteiger partial charge in [0.2, 0.25) is 0 Å². The quantitative estimate of drug-likeness (QED) is 0.742. The predicted octanol–water partition coefficient (Wildman–Crippen LogP) is 3.08. The highest BCUT2D eigenvalue weighted by Crippen LogP contribution is 2.32. The molecular formula is C17H13N3O. The SMILES string of the molecule is Cc1cc(-c2c(C)ccc3ncccc23)c(C#N)c(=O)[nH]1. The van der Waals surface area contributed by atoms with Gasteiger partial charge in [-0.2, -0.15) is 5.26 Å². The van der Waals surface area contributed by atoms with Gasteiger partial charge in [0.05, 0.1) is 5.52 Å². The largest absolute Gasteiger partial charge is 0.325 e. The Morgan fingerprint density at radius 3 is 2.81 bits per heavy atom. The van der Waals surface area contributed by atoms with E-state index in [1.54, 1.807) is 6.20 Å². The normalized spacial score (nSPS) is 10.5. The minimum atomic E-state index is -0.354. The van der Waals surface area contributed by atoms with Crippen LogP contribution in [0.15, 0.2) is 41.3 Å². The Kier molecular flexibility index (Phi) is 3.03. The fourth-order valence-corrected chi connectivity index (χ4v) is 2.62. The average Bonchev–Trinajstić information content (AvgIpc) is 2.46. The molecule has 3 aromatic rings. The molecule has 3 rings (SSSR count). The van der Waals surface area contributed by atoms with E-state index in [0.717, 1.165) is 27.7 Å². The summed E-state index contributed by atoms with van der Waals surface area (Å²) in [5, 5.41) is 10.3. The lowest BCUT2D eigenvalue weighted by molar-refractivity contribution is 1.13. The van der Waals surface area contributed by atoms with Gasteiger partial charge in [-0.05, 0) is 43.2 Å². The molecule has 102 valence electrons. The molecule has 0 atom stereocenters. The lowest BCUT2D eigenvalue weighted by Gasteiger charge is -2.12. The van der Waals surface area contributed by atoms with Crippen LogP contribution >= 0.6 is 0 Å². The molecule has 4 heteroatoms. The van der Waals surface area contributed by atoms with E-state index in [4.69, 9.17) is 0 Å². The Balaban J connectivity index is 2.50. The van der Waals surface area contributed by atoms with Gasteiger partial charge in [0.15, 0.2) is 0 Å². The zero-order chi connectivity index (χ0) is 15.0. The van der Waals surface area contributed by atoms with Crippen LogP contribution in [0.4, 0.5) is 0 Å². The van der Waals surface area contributed by atoms with Crippen LogP contribution in [0.3, 0.4) is 0 Å². The van der Waals surface area contributed by atoms with Crippen molar-refractivity contribution in [2.24, 2.45) is 0 Å². The second-order valence-corrected chi connectivity index (χ2v) is 5.01. The number of aromatic nitrogens is 2. The summed E-state index contributed by atoms with van der Waals surface area (Å²) in [7, 11) is 0. The molecule has 0 aliphatic rings. The van der Waals surface area contributed by atoms with Gasteiger partial charge in [-0.1, -0.05) is 12.1 Å². The molecule has 0 aliphatic heterocycles. The number of nitrogens with zero attached hydrogens (tertiary/aromatic N) is 2. The number of hydrogen-bond donors (Lipinski definition) is 1. The van der Waals surface area contributed by atoms with Crippen molar-refractivity contribution in [3.63, 3.8) is 0 Å². The number of nitrogens with one attached hydrogen (secondary N) is 1. The van der Waals surface area contributed by atoms with Crippen LogP contribution < -0.4 is 5.56 Å². The first kappa shape index (κ1) is 13.1. The summed E-state index contributed by atoms with van der Waals surface area (Å²) in [5.41, 5.74) is 3.93. The monoisotopic (exact) mass is 275 g/mol. The molecule has 0 unspecified atom stereocenters. The van der Waals surface area contributed by atoms with Crippen molar-refractivity contribution in [2.75, 3.05) is 0 Å². The number of benzene rings is 1. The van der Waals surface area contributed by atoms with E-state index >= 15 is 0 Å². The van der Waals surface area contributed by atoms with E-state index in [-0.39, 0.29) is 11.1 Å². The predicted molar refractivity (Wildman–Crippen MR) is 82.0 cm³/mol. The molecule has 0 saturated heterocycles. The summed E-state index contributed by atoms with van der Waals surface area (Å²) in [6.45, 7) is 3.78. The Hall–Kier alpha value is -2.93. The summed E-state index contributed by atoms with van der Waals surface area (Å²) in [6.07, 6.45) is 1.73. The van der Waals surface area contributed by atoms with Gasteiger partial charge in [-0.25, -0.2) is 0 Å². The van der Waals surface area contributed by atoms with Crippen molar-refractivity contribution >= 4 is 10.9 Å². The van der Waals surface area contributed by atoms with Crippen LogP contribution in [0, 0.1) is 25.2 Å². The van der Waals surface area contributed by atoms with Crippen molar-refractivity contribution in [3.8, 4) is 17.2 Å². The number of rotatable bonds is 1. The Labute approximate surface area is 121 Å². The van der Waals surface area contributed by atoms with Gasteiger partial charge < -0.3 is 4.98 Å². The minimum absolute atomic E-state index is 0.139. The Bertz CT molecular complexity index is 948. The molecule has 0 bridgehead atoms. The maximum atomic E-state index is 12.0. The van der Waals surface area contributed by atoms with E-state index in [1.807, 2.05) is 50.2 Å². The number of H-pyrrole nitrogens is 1. The molecule has 21 heavy (non-hydrogen) atoms. The Morgan fingerprint density at radius 1 is 1.24 bits per heavy atom. The number of pyridine rings is 2. The fourth-order valence-electron chi connectivity index (χ4n) is 2.62. The zero-order valence-electron chi connectivity index (χ0n) is 11.8. The number of aromatic amines is 1. The van der Waals surface area contributed by atoms with Gasteiger partial charge in [0.25, 0.3) is 5.56 Å². The fraction of sp³-hybridized carbons (Fsp3) is 0.118. The summed E-state index contributed by atoms with van der Waals surface area (Å²) < 4.78 is 0. The number of nitriles is 1. The van der Waals surface area contributed by atoms with E-state index in [9.17, 15) is 10.1 Å². The van der Waals surface area contributed by atoms with Crippen molar-refractivity contribution < 1.29 is 0 Å². The smallest absolute Gasteiger partial charge is 0.266 e. The topological polar surface area (TPSA) is 69.5 Å². The molecule has 0 saturated carbocycles. The zero-order valence-corrected chi connectivity index (χ0v) is 11.8. The number of aryl methyl sites for hydroxylation is 2. The number of hydrogen-bond acceptors (Lipinski definition) is 3. The van der Waals surface area contributed by atoms with Crippen molar-refractivity contribution in [2.45, 2.75) is 13.8 Å². The second kappa shape index (κ2) is 4.88. The van der Waals surface area contributed by atoms with Crippen LogP contribution in [0.25, 0.3) is 22.0 Å². The maximum Gasteiger partial charge on any atom is 0.266 e. The summed E-state index contributed by atoms with van der Waals surface area (Å²) in [5.74, 6) is 0. The summed E-state index contributed by atoms with van der Waals surface area (Å²) in [6, 6.07) is 11.6.